The monoisotopic (exact) mass is 400 g/mol. The molecule has 0 radical (unpaired) electrons. The number of benzene rings is 2. The van der Waals surface area contributed by atoms with Crippen molar-refractivity contribution in [2.75, 3.05) is 5.32 Å². The van der Waals surface area contributed by atoms with E-state index in [1.165, 1.54) is 0 Å². The van der Waals surface area contributed by atoms with Crippen LogP contribution >= 0.6 is 0 Å². The van der Waals surface area contributed by atoms with Crippen molar-refractivity contribution in [1.82, 2.24) is 4.98 Å². The number of aromatic nitrogens is 1. The summed E-state index contributed by atoms with van der Waals surface area (Å²) < 4.78 is 0. The van der Waals surface area contributed by atoms with Crippen LogP contribution in [-0.4, -0.2) is 22.0 Å². The van der Waals surface area contributed by atoms with E-state index < -0.39 is 5.97 Å². The Morgan fingerprint density at radius 1 is 0.933 bits per heavy atom. The molecule has 1 heterocycles. The van der Waals surface area contributed by atoms with Gasteiger partial charge >= 0.3 is 5.97 Å². The van der Waals surface area contributed by atoms with Crippen LogP contribution in [0.3, 0.4) is 0 Å². The molecule has 2 N–H and O–H groups in total. The Labute approximate surface area is 176 Å². The number of nitrogens with zero attached hydrogens (tertiary/aromatic N) is 1. The van der Waals surface area contributed by atoms with Crippen LogP contribution in [0.15, 0.2) is 85.2 Å². The summed E-state index contributed by atoms with van der Waals surface area (Å²) in [6.07, 6.45) is 7.26. The fraction of sp³-hybridized carbons (Fsp3) is 0.160. The Morgan fingerprint density at radius 2 is 1.70 bits per heavy atom. The van der Waals surface area contributed by atoms with Crippen molar-refractivity contribution in [3.05, 3.63) is 102 Å². The van der Waals surface area contributed by atoms with Crippen molar-refractivity contribution < 1.29 is 14.7 Å². The van der Waals surface area contributed by atoms with Crippen LogP contribution in [0.25, 0.3) is 5.57 Å². The predicted molar refractivity (Wildman–Crippen MR) is 118 cm³/mol. The van der Waals surface area contributed by atoms with Crippen LogP contribution in [0.5, 0.6) is 0 Å². The first kappa shape index (κ1) is 21.0. The maximum absolute atomic E-state index is 12.3. The molecule has 152 valence electrons. The molecule has 0 aliphatic carbocycles. The van der Waals surface area contributed by atoms with Gasteiger partial charge in [0.1, 0.15) is 0 Å². The van der Waals surface area contributed by atoms with Gasteiger partial charge in [-0.25, -0.2) is 0 Å². The van der Waals surface area contributed by atoms with Crippen molar-refractivity contribution in [1.29, 1.82) is 0 Å². The second-order valence-corrected chi connectivity index (χ2v) is 6.93. The molecule has 5 nitrogen and oxygen atoms in total. The maximum atomic E-state index is 12.3. The maximum Gasteiger partial charge on any atom is 0.303 e. The number of amides is 1. The van der Waals surface area contributed by atoms with Crippen molar-refractivity contribution in [3.63, 3.8) is 0 Å². The first-order chi connectivity index (χ1) is 14.6. The zero-order valence-corrected chi connectivity index (χ0v) is 16.6. The highest BCUT2D eigenvalue weighted by molar-refractivity contribution is 5.92. The molecule has 0 saturated heterocycles. The standard InChI is InChI=1S/C25H24N2O3/c28-24(17-19-7-2-1-3-8-19)27-22-14-12-20(13-15-22)23(10-4-5-11-25(29)30)21-9-6-16-26-18-21/h1-3,6-10,12-16,18H,4-5,11,17H2,(H,27,28)(H,29,30)/b23-10-. The van der Waals surface area contributed by atoms with Gasteiger partial charge in [0.05, 0.1) is 6.42 Å². The number of carbonyl (C=O) groups excluding carboxylic acids is 1. The van der Waals surface area contributed by atoms with E-state index in [1.54, 1.807) is 12.4 Å². The van der Waals surface area contributed by atoms with Crippen LogP contribution in [0.4, 0.5) is 5.69 Å². The van der Waals surface area contributed by atoms with E-state index in [2.05, 4.69) is 10.3 Å². The van der Waals surface area contributed by atoms with Crippen LogP contribution in [0, 0.1) is 0 Å². The van der Waals surface area contributed by atoms with Crippen molar-refractivity contribution in [3.8, 4) is 0 Å². The molecular weight excluding hydrogens is 376 g/mol. The van der Waals surface area contributed by atoms with Gasteiger partial charge < -0.3 is 10.4 Å². The number of allylic oxidation sites excluding steroid dienone is 1. The second-order valence-electron chi connectivity index (χ2n) is 6.93. The second kappa shape index (κ2) is 10.7. The average molecular weight is 400 g/mol. The first-order valence-corrected chi connectivity index (χ1v) is 9.88. The van der Waals surface area contributed by atoms with E-state index >= 15 is 0 Å². The van der Waals surface area contributed by atoms with E-state index in [1.807, 2.05) is 72.8 Å². The molecule has 0 bridgehead atoms. The molecule has 30 heavy (non-hydrogen) atoms. The summed E-state index contributed by atoms with van der Waals surface area (Å²) in [7, 11) is 0. The lowest BCUT2D eigenvalue weighted by molar-refractivity contribution is -0.137. The third-order valence-corrected chi connectivity index (χ3v) is 4.60. The zero-order valence-electron chi connectivity index (χ0n) is 16.6. The number of unbranched alkanes of at least 4 members (excludes halogenated alkanes) is 1. The van der Waals surface area contributed by atoms with E-state index in [4.69, 9.17) is 5.11 Å². The first-order valence-electron chi connectivity index (χ1n) is 9.88. The fourth-order valence-corrected chi connectivity index (χ4v) is 3.14. The Hall–Kier alpha value is -3.73. The molecule has 0 saturated carbocycles. The number of rotatable bonds is 9. The quantitative estimate of drug-likeness (QED) is 0.498. The van der Waals surface area contributed by atoms with Gasteiger partial charge in [-0.3, -0.25) is 14.6 Å². The summed E-state index contributed by atoms with van der Waals surface area (Å²) in [4.78, 5) is 27.2. The minimum atomic E-state index is -0.790. The van der Waals surface area contributed by atoms with E-state index in [-0.39, 0.29) is 12.3 Å². The van der Waals surface area contributed by atoms with Gasteiger partial charge in [-0.1, -0.05) is 54.6 Å². The Bertz CT molecular complexity index is 998. The summed E-state index contributed by atoms with van der Waals surface area (Å²) in [6.45, 7) is 0. The lowest BCUT2D eigenvalue weighted by atomic mass is 9.97. The van der Waals surface area contributed by atoms with Gasteiger partial charge in [-0.05, 0) is 47.7 Å². The van der Waals surface area contributed by atoms with Gasteiger partial charge in [0.15, 0.2) is 0 Å². The number of nitrogens with one attached hydrogen (secondary N) is 1. The van der Waals surface area contributed by atoms with E-state index in [0.717, 1.165) is 28.0 Å². The molecule has 0 aliphatic heterocycles. The van der Waals surface area contributed by atoms with Gasteiger partial charge in [-0.2, -0.15) is 0 Å². The normalized spacial score (nSPS) is 11.1. The topological polar surface area (TPSA) is 79.3 Å². The van der Waals surface area contributed by atoms with Gasteiger partial charge in [-0.15, -0.1) is 0 Å². The summed E-state index contributed by atoms with van der Waals surface area (Å²) >= 11 is 0. The van der Waals surface area contributed by atoms with Crippen molar-refractivity contribution >= 4 is 23.1 Å². The average Bonchev–Trinajstić information content (AvgIpc) is 2.76. The molecule has 2 aromatic carbocycles. The summed E-state index contributed by atoms with van der Waals surface area (Å²) in [5.41, 5.74) is 4.65. The van der Waals surface area contributed by atoms with Crippen LogP contribution in [-0.2, 0) is 16.0 Å². The molecule has 1 amide bonds. The molecule has 0 fully saturated rings. The zero-order chi connectivity index (χ0) is 21.2. The minimum Gasteiger partial charge on any atom is -0.481 e. The lowest BCUT2D eigenvalue weighted by Gasteiger charge is -2.10. The number of carboxylic acids is 1. The SMILES string of the molecule is O=C(O)CCC/C=C(/c1ccc(NC(=O)Cc2ccccc2)cc1)c1cccnc1. The van der Waals surface area contributed by atoms with Crippen molar-refractivity contribution in [2.24, 2.45) is 0 Å². The third-order valence-electron chi connectivity index (χ3n) is 4.60. The highest BCUT2D eigenvalue weighted by atomic mass is 16.4. The number of carbonyl (C=O) groups is 2. The smallest absolute Gasteiger partial charge is 0.303 e. The fourth-order valence-electron chi connectivity index (χ4n) is 3.14. The number of carboxylic acid groups (broad SMARTS) is 1. The molecule has 3 rings (SSSR count). The molecule has 0 unspecified atom stereocenters. The van der Waals surface area contributed by atoms with E-state index in [0.29, 0.717) is 19.3 Å². The molecule has 0 spiro atoms. The number of anilines is 1. The molecular formula is C25H24N2O3. The number of hydrogen-bond acceptors (Lipinski definition) is 3. The Kier molecular flexibility index (Phi) is 7.50. The summed E-state index contributed by atoms with van der Waals surface area (Å²) in [5.74, 6) is -0.854. The minimum absolute atomic E-state index is 0.0642. The summed E-state index contributed by atoms with van der Waals surface area (Å²) in [6, 6.07) is 21.1. The van der Waals surface area contributed by atoms with Gasteiger partial charge in [0, 0.05) is 30.1 Å². The number of pyridine rings is 1. The highest BCUT2D eigenvalue weighted by Crippen LogP contribution is 2.25. The third kappa shape index (κ3) is 6.41. The van der Waals surface area contributed by atoms with Crippen molar-refractivity contribution in [2.45, 2.75) is 25.7 Å². The molecule has 1 aromatic heterocycles. The predicted octanol–water partition coefficient (Wildman–Crippen LogP) is 4.95. The van der Waals surface area contributed by atoms with Crippen LogP contribution < -0.4 is 5.32 Å². The highest BCUT2D eigenvalue weighted by Gasteiger charge is 2.08. The molecule has 0 atom stereocenters. The number of hydrogen-bond donors (Lipinski definition) is 2. The summed E-state index contributed by atoms with van der Waals surface area (Å²) in [5, 5.41) is 11.8. The van der Waals surface area contributed by atoms with E-state index in [9.17, 15) is 9.59 Å². The molecule has 0 aliphatic rings. The molecule has 3 aromatic rings. The van der Waals surface area contributed by atoms with Gasteiger partial charge in [0.2, 0.25) is 5.91 Å². The van der Waals surface area contributed by atoms with Gasteiger partial charge in [0.25, 0.3) is 0 Å². The van der Waals surface area contributed by atoms with Crippen LogP contribution in [0.2, 0.25) is 0 Å². The lowest BCUT2D eigenvalue weighted by Crippen LogP contribution is -2.14. The largest absolute Gasteiger partial charge is 0.481 e. The Morgan fingerprint density at radius 3 is 2.37 bits per heavy atom. The Balaban J connectivity index is 1.71. The molecule has 5 heteroatoms. The number of aliphatic carboxylic acids is 1. The van der Waals surface area contributed by atoms with Crippen LogP contribution in [0.1, 0.15) is 36.0 Å².